The monoisotopic (exact) mass is 313 g/mol. The number of sulfone groups is 1. The molecule has 1 spiro atoms. The Balaban J connectivity index is 2.07. The van der Waals surface area contributed by atoms with Gasteiger partial charge in [-0.1, -0.05) is 23.7 Å². The highest BCUT2D eigenvalue weighted by molar-refractivity contribution is 7.91. The van der Waals surface area contributed by atoms with Gasteiger partial charge in [0, 0.05) is 0 Å². The highest BCUT2D eigenvalue weighted by Gasteiger charge is 2.48. The predicted molar refractivity (Wildman–Crippen MR) is 81.0 cm³/mol. The van der Waals surface area contributed by atoms with Crippen molar-refractivity contribution in [1.82, 2.24) is 0 Å². The maximum Gasteiger partial charge on any atom is 0.196 e. The Morgan fingerprint density at radius 3 is 2.80 bits per heavy atom. The van der Waals surface area contributed by atoms with Crippen LogP contribution in [0.1, 0.15) is 12.8 Å². The van der Waals surface area contributed by atoms with E-state index in [1.54, 1.807) is 6.07 Å². The number of hydrogen-bond acceptors (Lipinski definition) is 5. The third-order valence-corrected chi connectivity index (χ3v) is 6.13. The van der Waals surface area contributed by atoms with Crippen LogP contribution in [0.2, 0.25) is 5.02 Å². The summed E-state index contributed by atoms with van der Waals surface area (Å²) in [5.41, 5.74) is 6.15. The number of para-hydroxylation sites is 1. The lowest BCUT2D eigenvalue weighted by Crippen LogP contribution is -2.58. The van der Waals surface area contributed by atoms with E-state index in [0.29, 0.717) is 23.9 Å². The van der Waals surface area contributed by atoms with E-state index in [4.69, 9.17) is 17.3 Å². The zero-order chi connectivity index (χ0) is 14.4. The summed E-state index contributed by atoms with van der Waals surface area (Å²) in [5, 5.41) is 0.551. The van der Waals surface area contributed by atoms with Crippen LogP contribution in [0.15, 0.2) is 29.3 Å². The molecule has 7 heteroatoms. The van der Waals surface area contributed by atoms with Crippen molar-refractivity contribution >= 4 is 33.1 Å². The average Bonchev–Trinajstić information content (AvgIpc) is 2.66. The van der Waals surface area contributed by atoms with Crippen LogP contribution in [0.3, 0.4) is 0 Å². The molecule has 0 saturated carbocycles. The first-order valence-corrected chi connectivity index (χ1v) is 8.69. The number of rotatable bonds is 1. The fourth-order valence-corrected chi connectivity index (χ4v) is 5.23. The van der Waals surface area contributed by atoms with Crippen LogP contribution in [-0.4, -0.2) is 38.0 Å². The van der Waals surface area contributed by atoms with E-state index in [0.717, 1.165) is 12.1 Å². The van der Waals surface area contributed by atoms with Gasteiger partial charge in [-0.25, -0.2) is 8.42 Å². The number of nitrogens with two attached hydrogens (primary N) is 1. The molecule has 1 aromatic carbocycles. The summed E-state index contributed by atoms with van der Waals surface area (Å²) in [6, 6.07) is 7.31. The zero-order valence-electron chi connectivity index (χ0n) is 10.9. The number of guanidine groups is 1. The molecule has 2 aliphatic heterocycles. The van der Waals surface area contributed by atoms with Crippen molar-refractivity contribution < 1.29 is 8.42 Å². The maximum atomic E-state index is 12.0. The average molecular weight is 314 g/mol. The summed E-state index contributed by atoms with van der Waals surface area (Å²) in [5.74, 6) is 0.663. The Morgan fingerprint density at radius 2 is 2.10 bits per heavy atom. The molecule has 0 radical (unpaired) electrons. The second kappa shape index (κ2) is 4.63. The molecule has 0 aromatic heterocycles. The summed E-state index contributed by atoms with van der Waals surface area (Å²) in [7, 11) is -3.07. The molecule has 5 nitrogen and oxygen atoms in total. The molecule has 2 heterocycles. The number of aliphatic imine (C=N–C) groups is 1. The molecule has 1 unspecified atom stereocenters. The van der Waals surface area contributed by atoms with Crippen molar-refractivity contribution in [2.45, 2.75) is 18.4 Å². The Kier molecular flexibility index (Phi) is 3.17. The standard InChI is InChI=1S/C13H16ClN3O2S/c14-10-4-1-2-5-11(10)17-12(15)16-8-13(17)6-3-7-20(18,19)9-13/h1-2,4-5H,3,6-9H2,(H2,15,16). The van der Waals surface area contributed by atoms with Crippen molar-refractivity contribution in [2.24, 2.45) is 10.7 Å². The fraction of sp³-hybridized carbons (Fsp3) is 0.462. The van der Waals surface area contributed by atoms with Crippen molar-refractivity contribution in [3.05, 3.63) is 29.3 Å². The van der Waals surface area contributed by atoms with E-state index < -0.39 is 15.4 Å². The molecular weight excluding hydrogens is 298 g/mol. The molecule has 1 aromatic rings. The Morgan fingerprint density at radius 1 is 1.35 bits per heavy atom. The summed E-state index contributed by atoms with van der Waals surface area (Å²) in [4.78, 5) is 6.09. The van der Waals surface area contributed by atoms with Gasteiger partial charge in [-0.3, -0.25) is 4.99 Å². The molecular formula is C13H16ClN3O2S. The van der Waals surface area contributed by atoms with E-state index in [1.165, 1.54) is 0 Å². The molecule has 0 bridgehead atoms. The molecule has 1 fully saturated rings. The van der Waals surface area contributed by atoms with Gasteiger partial charge in [0.05, 0.1) is 34.3 Å². The van der Waals surface area contributed by atoms with Crippen LogP contribution >= 0.6 is 11.6 Å². The largest absolute Gasteiger partial charge is 0.369 e. The van der Waals surface area contributed by atoms with Crippen molar-refractivity contribution in [1.29, 1.82) is 0 Å². The first-order valence-electron chi connectivity index (χ1n) is 6.49. The molecule has 1 atom stereocenters. The molecule has 2 N–H and O–H groups in total. The van der Waals surface area contributed by atoms with Crippen LogP contribution < -0.4 is 10.6 Å². The van der Waals surface area contributed by atoms with Crippen LogP contribution in [-0.2, 0) is 9.84 Å². The van der Waals surface area contributed by atoms with Gasteiger partial charge in [0.25, 0.3) is 0 Å². The predicted octanol–water partition coefficient (Wildman–Crippen LogP) is 1.42. The number of halogens is 1. The van der Waals surface area contributed by atoms with Gasteiger partial charge < -0.3 is 10.6 Å². The van der Waals surface area contributed by atoms with E-state index in [2.05, 4.69) is 4.99 Å². The first-order chi connectivity index (χ1) is 9.44. The summed E-state index contributed by atoms with van der Waals surface area (Å²) in [6.45, 7) is 0.406. The molecule has 2 aliphatic rings. The summed E-state index contributed by atoms with van der Waals surface area (Å²) < 4.78 is 24.1. The van der Waals surface area contributed by atoms with Gasteiger partial charge in [-0.05, 0) is 25.0 Å². The van der Waals surface area contributed by atoms with Crippen LogP contribution in [0.5, 0.6) is 0 Å². The minimum atomic E-state index is -3.07. The molecule has 0 amide bonds. The van der Waals surface area contributed by atoms with Crippen molar-refractivity contribution in [2.75, 3.05) is 23.0 Å². The van der Waals surface area contributed by atoms with Crippen molar-refractivity contribution in [3.63, 3.8) is 0 Å². The minimum absolute atomic E-state index is 0.0788. The van der Waals surface area contributed by atoms with Crippen molar-refractivity contribution in [3.8, 4) is 0 Å². The topological polar surface area (TPSA) is 75.8 Å². The number of hydrogen-bond donors (Lipinski definition) is 1. The highest BCUT2D eigenvalue weighted by atomic mass is 35.5. The second-order valence-electron chi connectivity index (χ2n) is 5.38. The lowest BCUT2D eigenvalue weighted by atomic mass is 9.93. The molecule has 1 saturated heterocycles. The SMILES string of the molecule is NC1=NCC2(CCCS(=O)(=O)C2)N1c1ccccc1Cl. The minimum Gasteiger partial charge on any atom is -0.369 e. The van der Waals surface area contributed by atoms with Crippen LogP contribution in [0.25, 0.3) is 0 Å². The first kappa shape index (κ1) is 13.7. The molecule has 0 aliphatic carbocycles. The lowest BCUT2D eigenvalue weighted by Gasteiger charge is -2.41. The lowest BCUT2D eigenvalue weighted by molar-refractivity contribution is 0.434. The molecule has 108 valence electrons. The van der Waals surface area contributed by atoms with Gasteiger partial charge in [0.15, 0.2) is 15.8 Å². The number of nitrogens with zero attached hydrogens (tertiary/aromatic N) is 2. The van der Waals surface area contributed by atoms with E-state index in [9.17, 15) is 8.42 Å². The quantitative estimate of drug-likeness (QED) is 0.851. The van der Waals surface area contributed by atoms with E-state index >= 15 is 0 Å². The summed E-state index contributed by atoms with van der Waals surface area (Å²) >= 11 is 6.24. The van der Waals surface area contributed by atoms with Gasteiger partial charge in [0.2, 0.25) is 0 Å². The molecule has 3 rings (SSSR count). The number of benzene rings is 1. The zero-order valence-corrected chi connectivity index (χ0v) is 12.5. The third-order valence-electron chi connectivity index (χ3n) is 3.92. The van der Waals surface area contributed by atoms with Gasteiger partial charge in [-0.15, -0.1) is 0 Å². The second-order valence-corrected chi connectivity index (χ2v) is 7.97. The van der Waals surface area contributed by atoms with Gasteiger partial charge in [0.1, 0.15) is 0 Å². The van der Waals surface area contributed by atoms with Crippen LogP contribution in [0, 0.1) is 0 Å². The number of anilines is 1. The van der Waals surface area contributed by atoms with Gasteiger partial charge >= 0.3 is 0 Å². The van der Waals surface area contributed by atoms with Crippen LogP contribution in [0.4, 0.5) is 5.69 Å². The Labute approximate surface area is 123 Å². The Hall–Kier alpha value is -1.27. The normalized spacial score (nSPS) is 28.6. The third kappa shape index (κ3) is 2.16. The maximum absolute atomic E-state index is 12.0. The van der Waals surface area contributed by atoms with E-state index in [1.807, 2.05) is 23.1 Å². The van der Waals surface area contributed by atoms with E-state index in [-0.39, 0.29) is 11.5 Å². The smallest absolute Gasteiger partial charge is 0.196 e. The molecule has 20 heavy (non-hydrogen) atoms. The van der Waals surface area contributed by atoms with Gasteiger partial charge in [-0.2, -0.15) is 0 Å². The fourth-order valence-electron chi connectivity index (χ4n) is 3.10. The highest BCUT2D eigenvalue weighted by Crippen LogP contribution is 2.39. The Bertz CT molecular complexity index is 674. The summed E-state index contributed by atoms with van der Waals surface area (Å²) in [6.07, 6.45) is 1.38.